The van der Waals surface area contributed by atoms with E-state index < -0.39 is 5.60 Å². The van der Waals surface area contributed by atoms with Crippen LogP contribution in [0.4, 0.5) is 0 Å². The van der Waals surface area contributed by atoms with Gasteiger partial charge in [-0.25, -0.2) is 0 Å². The van der Waals surface area contributed by atoms with E-state index in [0.717, 1.165) is 49.7 Å². The Balaban J connectivity index is 1.84. The fourth-order valence-electron chi connectivity index (χ4n) is 4.57. The fourth-order valence-corrected chi connectivity index (χ4v) is 4.57. The number of aryl methyl sites for hydroxylation is 3. The fraction of sp³-hybridized carbons (Fsp3) is 0.619. The first-order valence-corrected chi connectivity index (χ1v) is 9.48. The molecule has 2 aliphatic rings. The van der Waals surface area contributed by atoms with Gasteiger partial charge in [0.05, 0.1) is 0 Å². The molecule has 0 radical (unpaired) electrons. The van der Waals surface area contributed by atoms with Crippen molar-refractivity contribution in [3.63, 3.8) is 0 Å². The molecule has 3 rings (SSSR count). The summed E-state index contributed by atoms with van der Waals surface area (Å²) in [5.41, 5.74) is 2.53. The molecule has 1 saturated heterocycles. The van der Waals surface area contributed by atoms with Gasteiger partial charge in [0.1, 0.15) is 23.6 Å². The number of ether oxygens (including phenoxy) is 1. The molecule has 1 heterocycles. The zero-order valence-corrected chi connectivity index (χ0v) is 15.3. The Hall–Kier alpha value is -1.84. The quantitative estimate of drug-likeness (QED) is 0.647. The van der Waals surface area contributed by atoms with Crippen molar-refractivity contribution in [3.8, 4) is 5.75 Å². The van der Waals surface area contributed by atoms with E-state index in [2.05, 4.69) is 6.07 Å². The van der Waals surface area contributed by atoms with E-state index in [1.807, 2.05) is 19.9 Å². The third kappa shape index (κ3) is 3.73. The summed E-state index contributed by atoms with van der Waals surface area (Å²) >= 11 is 0. The number of cyclic esters (lactones) is 1. The maximum Gasteiger partial charge on any atom is 0.313 e. The number of ketones is 1. The van der Waals surface area contributed by atoms with Crippen LogP contribution in [-0.4, -0.2) is 22.5 Å². The maximum absolute atomic E-state index is 12.1. The molecule has 1 aromatic rings. The highest BCUT2D eigenvalue weighted by atomic mass is 16.6. The minimum atomic E-state index is -0.625. The summed E-state index contributed by atoms with van der Waals surface area (Å²) in [6.45, 7) is 4.02. The molecular weight excluding hydrogens is 316 g/mol. The van der Waals surface area contributed by atoms with Crippen molar-refractivity contribution in [2.45, 2.75) is 77.2 Å². The van der Waals surface area contributed by atoms with Crippen LogP contribution in [0.15, 0.2) is 12.1 Å². The summed E-state index contributed by atoms with van der Waals surface area (Å²) < 4.78 is 5.86. The molecule has 136 valence electrons. The third-order valence-corrected chi connectivity index (χ3v) is 5.99. The molecule has 0 aromatic heterocycles. The van der Waals surface area contributed by atoms with Gasteiger partial charge in [0.25, 0.3) is 0 Å². The monoisotopic (exact) mass is 344 g/mol. The van der Waals surface area contributed by atoms with Crippen molar-refractivity contribution in [1.82, 2.24) is 0 Å². The van der Waals surface area contributed by atoms with Crippen LogP contribution in [-0.2, 0) is 27.2 Å². The van der Waals surface area contributed by atoms with Crippen LogP contribution < -0.4 is 0 Å². The molecule has 4 heteroatoms. The van der Waals surface area contributed by atoms with E-state index in [1.165, 1.54) is 5.56 Å². The number of hydrogen-bond acceptors (Lipinski definition) is 4. The number of benzene rings is 1. The highest BCUT2D eigenvalue weighted by Crippen LogP contribution is 2.44. The Morgan fingerprint density at radius 3 is 2.56 bits per heavy atom. The second kappa shape index (κ2) is 7.19. The Kier molecular flexibility index (Phi) is 5.16. The van der Waals surface area contributed by atoms with Crippen LogP contribution >= 0.6 is 0 Å². The van der Waals surface area contributed by atoms with Gasteiger partial charge >= 0.3 is 5.97 Å². The molecule has 1 saturated carbocycles. The van der Waals surface area contributed by atoms with E-state index in [4.69, 9.17) is 4.74 Å². The maximum atomic E-state index is 12.1. The van der Waals surface area contributed by atoms with E-state index in [-0.39, 0.29) is 18.2 Å². The average Bonchev–Trinajstić information content (AvgIpc) is 3.08. The molecule has 1 aromatic carbocycles. The van der Waals surface area contributed by atoms with Gasteiger partial charge in [-0.3, -0.25) is 9.59 Å². The van der Waals surface area contributed by atoms with Crippen LogP contribution in [0.3, 0.4) is 0 Å². The second-order valence-corrected chi connectivity index (χ2v) is 7.67. The van der Waals surface area contributed by atoms with E-state index in [1.54, 1.807) is 0 Å². The number of esters is 1. The van der Waals surface area contributed by atoms with Crippen molar-refractivity contribution < 1.29 is 19.4 Å². The molecule has 0 spiro atoms. The average molecular weight is 344 g/mol. The van der Waals surface area contributed by atoms with Crippen molar-refractivity contribution in [2.24, 2.45) is 5.92 Å². The van der Waals surface area contributed by atoms with Crippen LogP contribution in [0.5, 0.6) is 5.75 Å². The first-order valence-electron chi connectivity index (χ1n) is 9.48. The van der Waals surface area contributed by atoms with Gasteiger partial charge in [0, 0.05) is 6.42 Å². The summed E-state index contributed by atoms with van der Waals surface area (Å²) in [7, 11) is 0. The number of carbonyl (C=O) groups is 2. The van der Waals surface area contributed by atoms with Gasteiger partial charge in [-0.15, -0.1) is 0 Å². The zero-order valence-electron chi connectivity index (χ0n) is 15.3. The topological polar surface area (TPSA) is 63.6 Å². The Labute approximate surface area is 149 Å². The first-order chi connectivity index (χ1) is 11.9. The zero-order chi connectivity index (χ0) is 18.0. The van der Waals surface area contributed by atoms with Crippen LogP contribution in [0, 0.1) is 12.8 Å². The molecular formula is C21H28O4. The number of rotatable bonds is 5. The predicted molar refractivity (Wildman–Crippen MR) is 95.6 cm³/mol. The molecule has 25 heavy (non-hydrogen) atoms. The number of hydrogen-bond donors (Lipinski definition) is 1. The lowest BCUT2D eigenvalue weighted by Crippen LogP contribution is -2.48. The van der Waals surface area contributed by atoms with Crippen molar-refractivity contribution >= 4 is 11.8 Å². The lowest BCUT2D eigenvalue weighted by atomic mass is 9.75. The highest BCUT2D eigenvalue weighted by Gasteiger charge is 2.47. The Morgan fingerprint density at radius 2 is 1.92 bits per heavy atom. The summed E-state index contributed by atoms with van der Waals surface area (Å²) in [4.78, 5) is 24.1. The van der Waals surface area contributed by atoms with Gasteiger partial charge in [-0.2, -0.15) is 0 Å². The minimum Gasteiger partial charge on any atom is -0.508 e. The van der Waals surface area contributed by atoms with Crippen molar-refractivity contribution in [1.29, 1.82) is 0 Å². The largest absolute Gasteiger partial charge is 0.508 e. The molecule has 1 atom stereocenters. The summed E-state index contributed by atoms with van der Waals surface area (Å²) in [5, 5.41) is 10.0. The SMILES string of the molecule is CCc1cc(CCC2(C3CCCC3)CC(=O)CC(=O)O2)c(C)cc1O. The molecule has 1 unspecified atom stereocenters. The van der Waals surface area contributed by atoms with Crippen LogP contribution in [0.1, 0.15) is 68.6 Å². The van der Waals surface area contributed by atoms with E-state index in [0.29, 0.717) is 24.5 Å². The Morgan fingerprint density at radius 1 is 1.20 bits per heavy atom. The molecule has 1 aliphatic carbocycles. The molecule has 0 amide bonds. The number of phenols is 1. The predicted octanol–water partition coefficient (Wildman–Crippen LogP) is 4.03. The number of Topliss-reactive ketones (excluding diaryl/α,β-unsaturated/α-hetero) is 1. The minimum absolute atomic E-state index is 0.0137. The standard InChI is InChI=1S/C21H28O4/c1-3-15-11-16(14(2)10-19(15)23)8-9-21(17-6-4-5-7-17)13-18(22)12-20(24)25-21/h10-11,17,23H,3-9,12-13H2,1-2H3. The number of carbonyl (C=O) groups excluding carboxylic acids is 2. The normalized spacial score (nSPS) is 24.6. The van der Waals surface area contributed by atoms with Gasteiger partial charge in [0.15, 0.2) is 0 Å². The highest BCUT2D eigenvalue weighted by molar-refractivity contribution is 5.98. The summed E-state index contributed by atoms with van der Waals surface area (Å²) in [5.74, 6) is 0.289. The molecule has 2 fully saturated rings. The lowest BCUT2D eigenvalue weighted by molar-refractivity contribution is -0.178. The van der Waals surface area contributed by atoms with Crippen molar-refractivity contribution in [3.05, 3.63) is 28.8 Å². The number of aromatic hydroxyl groups is 1. The van der Waals surface area contributed by atoms with Crippen molar-refractivity contribution in [2.75, 3.05) is 0 Å². The summed E-state index contributed by atoms with van der Waals surface area (Å²) in [6.07, 6.45) is 6.88. The summed E-state index contributed by atoms with van der Waals surface area (Å²) in [6, 6.07) is 3.87. The molecule has 1 N–H and O–H groups in total. The van der Waals surface area contributed by atoms with Crippen LogP contribution in [0.2, 0.25) is 0 Å². The number of phenolic OH excluding ortho intramolecular Hbond substituents is 1. The Bertz CT molecular complexity index is 655. The van der Waals surface area contributed by atoms with E-state index in [9.17, 15) is 14.7 Å². The molecule has 1 aliphatic heterocycles. The molecule has 0 bridgehead atoms. The molecule has 4 nitrogen and oxygen atoms in total. The third-order valence-electron chi connectivity index (χ3n) is 5.99. The smallest absolute Gasteiger partial charge is 0.313 e. The first kappa shape index (κ1) is 18.0. The van der Waals surface area contributed by atoms with Gasteiger partial charge in [-0.05, 0) is 67.7 Å². The van der Waals surface area contributed by atoms with Gasteiger partial charge in [0.2, 0.25) is 0 Å². The van der Waals surface area contributed by atoms with Crippen LogP contribution in [0.25, 0.3) is 0 Å². The lowest BCUT2D eigenvalue weighted by Gasteiger charge is -2.41. The van der Waals surface area contributed by atoms with E-state index >= 15 is 0 Å². The van der Waals surface area contributed by atoms with Gasteiger partial charge in [-0.1, -0.05) is 25.8 Å². The van der Waals surface area contributed by atoms with Gasteiger partial charge < -0.3 is 9.84 Å². The second-order valence-electron chi connectivity index (χ2n) is 7.67.